The zero-order chi connectivity index (χ0) is 40.8. The zero-order valence-corrected chi connectivity index (χ0v) is 35.9. The van der Waals surface area contributed by atoms with Crippen LogP contribution in [0.4, 0.5) is 0 Å². The Hall–Kier alpha value is -3.67. The molecule has 0 N–H and O–H groups in total. The second-order valence-electron chi connectivity index (χ2n) is 14.2. The van der Waals surface area contributed by atoms with Gasteiger partial charge in [0.25, 0.3) is 0 Å². The lowest BCUT2D eigenvalue weighted by atomic mass is 10.1. The summed E-state index contributed by atoms with van der Waals surface area (Å²) < 4.78 is 16.5. The maximum atomic E-state index is 12.7. The van der Waals surface area contributed by atoms with Gasteiger partial charge in [-0.05, 0) is 103 Å². The Bertz CT molecular complexity index is 1170. The quantitative estimate of drug-likeness (QED) is 0.0269. The summed E-state index contributed by atoms with van der Waals surface area (Å²) in [6, 6.07) is 0. The number of rotatable bonds is 38. The molecule has 0 saturated heterocycles. The summed E-state index contributed by atoms with van der Waals surface area (Å²) in [6.45, 7) is 6.24. The van der Waals surface area contributed by atoms with E-state index in [0.717, 1.165) is 96.3 Å². The van der Waals surface area contributed by atoms with Crippen LogP contribution in [0.15, 0.2) is 97.2 Å². The first-order valence-electron chi connectivity index (χ1n) is 22.2. The van der Waals surface area contributed by atoms with Crippen molar-refractivity contribution in [1.82, 2.24) is 0 Å². The van der Waals surface area contributed by atoms with E-state index in [1.165, 1.54) is 38.5 Å². The molecule has 316 valence electrons. The van der Waals surface area contributed by atoms with E-state index >= 15 is 0 Å². The first-order chi connectivity index (χ1) is 27.5. The third-order valence-corrected chi connectivity index (χ3v) is 8.82. The molecule has 0 aromatic carbocycles. The summed E-state index contributed by atoms with van der Waals surface area (Å²) in [4.78, 5) is 37.6. The number of carbonyl (C=O) groups is 3. The lowest BCUT2D eigenvalue weighted by molar-refractivity contribution is -0.166. The molecular formula is C50H80O6. The van der Waals surface area contributed by atoms with Gasteiger partial charge in [-0.2, -0.15) is 0 Å². The molecule has 0 bridgehead atoms. The Labute approximate surface area is 343 Å². The molecule has 0 aromatic rings. The van der Waals surface area contributed by atoms with Gasteiger partial charge in [0.05, 0.1) is 0 Å². The second-order valence-corrected chi connectivity index (χ2v) is 14.2. The standard InChI is InChI=1S/C50H80O6/c1-4-7-10-13-16-19-21-23-24-25-27-28-31-34-37-40-43-49(52)55-46-47(45-54-48(51)42-39-36-33-30-18-15-12-9-6-3)56-50(53)44-41-38-35-32-29-26-22-20-17-14-11-8-5-2/h7,9-10,12,16,18-19,23-24,26-30,34,37,47H,4-6,8,11,13-15,17,20-22,25,31-33,35-36,38-46H2,1-3H3/b10-7-,12-9-,19-16-,24-23-,28-27-,29-26-,30-18-,37-34-. The van der Waals surface area contributed by atoms with Crippen LogP contribution in [0.25, 0.3) is 0 Å². The minimum atomic E-state index is -0.826. The van der Waals surface area contributed by atoms with Crippen LogP contribution in [0, 0.1) is 0 Å². The monoisotopic (exact) mass is 777 g/mol. The minimum Gasteiger partial charge on any atom is -0.462 e. The molecule has 0 spiro atoms. The van der Waals surface area contributed by atoms with Crippen molar-refractivity contribution in [3.63, 3.8) is 0 Å². The van der Waals surface area contributed by atoms with E-state index in [-0.39, 0.29) is 44.0 Å². The van der Waals surface area contributed by atoms with Gasteiger partial charge in [-0.1, -0.05) is 157 Å². The minimum absolute atomic E-state index is 0.125. The maximum Gasteiger partial charge on any atom is 0.306 e. The average molecular weight is 777 g/mol. The lowest BCUT2D eigenvalue weighted by Crippen LogP contribution is -2.30. The topological polar surface area (TPSA) is 78.9 Å². The van der Waals surface area contributed by atoms with Crippen LogP contribution in [-0.2, 0) is 28.6 Å². The van der Waals surface area contributed by atoms with Crippen molar-refractivity contribution in [3.8, 4) is 0 Å². The van der Waals surface area contributed by atoms with Crippen LogP contribution in [0.1, 0.15) is 181 Å². The van der Waals surface area contributed by atoms with Gasteiger partial charge in [0.2, 0.25) is 0 Å². The summed E-state index contributed by atoms with van der Waals surface area (Å²) in [7, 11) is 0. The molecule has 56 heavy (non-hydrogen) atoms. The molecule has 0 radical (unpaired) electrons. The fourth-order valence-corrected chi connectivity index (χ4v) is 5.52. The van der Waals surface area contributed by atoms with E-state index < -0.39 is 6.10 Å². The van der Waals surface area contributed by atoms with Crippen LogP contribution in [0.5, 0.6) is 0 Å². The van der Waals surface area contributed by atoms with Gasteiger partial charge < -0.3 is 14.2 Å². The average Bonchev–Trinajstić information content (AvgIpc) is 3.19. The number of esters is 3. The Morgan fingerprint density at radius 1 is 0.375 bits per heavy atom. The smallest absolute Gasteiger partial charge is 0.306 e. The van der Waals surface area contributed by atoms with Gasteiger partial charge in [0.15, 0.2) is 6.10 Å². The molecule has 0 heterocycles. The molecule has 0 rings (SSSR count). The first-order valence-corrected chi connectivity index (χ1v) is 22.2. The van der Waals surface area contributed by atoms with E-state index in [9.17, 15) is 14.4 Å². The maximum absolute atomic E-state index is 12.7. The van der Waals surface area contributed by atoms with Gasteiger partial charge in [-0.15, -0.1) is 0 Å². The fourth-order valence-electron chi connectivity index (χ4n) is 5.52. The Morgan fingerprint density at radius 3 is 1.25 bits per heavy atom. The zero-order valence-electron chi connectivity index (χ0n) is 35.9. The van der Waals surface area contributed by atoms with E-state index in [0.29, 0.717) is 12.8 Å². The lowest BCUT2D eigenvalue weighted by Gasteiger charge is -2.18. The predicted octanol–water partition coefficient (Wildman–Crippen LogP) is 14.2. The van der Waals surface area contributed by atoms with Gasteiger partial charge in [0, 0.05) is 19.3 Å². The van der Waals surface area contributed by atoms with Crippen molar-refractivity contribution in [1.29, 1.82) is 0 Å². The van der Waals surface area contributed by atoms with Crippen LogP contribution >= 0.6 is 0 Å². The molecule has 0 fully saturated rings. The van der Waals surface area contributed by atoms with Gasteiger partial charge in [-0.3, -0.25) is 14.4 Å². The SMILES string of the molecule is CC/C=C\C/C=C\C/C=C\C/C=C\C/C=C\CCC(=O)OCC(COC(=O)CCCC/C=C\C/C=C\CC)OC(=O)CCCCC/C=C\CCCCCCCC. The highest BCUT2D eigenvalue weighted by Crippen LogP contribution is 2.11. The van der Waals surface area contributed by atoms with Crippen LogP contribution in [0.2, 0.25) is 0 Å². The number of carbonyl (C=O) groups excluding carboxylic acids is 3. The summed E-state index contributed by atoms with van der Waals surface area (Å²) in [5.41, 5.74) is 0. The number of allylic oxidation sites excluding steroid dienone is 16. The summed E-state index contributed by atoms with van der Waals surface area (Å²) in [5.74, 6) is -1.07. The highest BCUT2D eigenvalue weighted by molar-refractivity contribution is 5.71. The van der Waals surface area contributed by atoms with E-state index in [1.54, 1.807) is 0 Å². The molecule has 6 nitrogen and oxygen atoms in total. The molecule has 0 aliphatic heterocycles. The number of hydrogen-bond acceptors (Lipinski definition) is 6. The van der Waals surface area contributed by atoms with Crippen molar-refractivity contribution >= 4 is 17.9 Å². The first kappa shape index (κ1) is 52.3. The molecule has 0 saturated carbocycles. The van der Waals surface area contributed by atoms with Crippen LogP contribution < -0.4 is 0 Å². The van der Waals surface area contributed by atoms with Crippen LogP contribution in [0.3, 0.4) is 0 Å². The highest BCUT2D eigenvalue weighted by Gasteiger charge is 2.19. The van der Waals surface area contributed by atoms with Crippen molar-refractivity contribution < 1.29 is 28.6 Å². The van der Waals surface area contributed by atoms with Gasteiger partial charge in [-0.25, -0.2) is 0 Å². The molecule has 1 unspecified atom stereocenters. The van der Waals surface area contributed by atoms with Crippen molar-refractivity contribution in [3.05, 3.63) is 97.2 Å². The van der Waals surface area contributed by atoms with Crippen molar-refractivity contribution in [2.24, 2.45) is 0 Å². The highest BCUT2D eigenvalue weighted by atomic mass is 16.6. The third kappa shape index (κ3) is 41.5. The normalized spacial score (nSPS) is 13.0. The van der Waals surface area contributed by atoms with E-state index in [2.05, 4.69) is 106 Å². The third-order valence-electron chi connectivity index (χ3n) is 8.82. The second kappa shape index (κ2) is 44.0. The number of unbranched alkanes of at least 4 members (excludes halogenated alkanes) is 11. The number of ether oxygens (including phenoxy) is 3. The fraction of sp³-hybridized carbons (Fsp3) is 0.620. The van der Waals surface area contributed by atoms with Crippen molar-refractivity contribution in [2.45, 2.75) is 187 Å². The molecule has 0 amide bonds. The Kier molecular flexibility index (Phi) is 41.2. The van der Waals surface area contributed by atoms with Crippen LogP contribution in [-0.4, -0.2) is 37.2 Å². The molecule has 0 aromatic heterocycles. The molecule has 0 aliphatic rings. The molecule has 0 aliphatic carbocycles. The van der Waals surface area contributed by atoms with Crippen molar-refractivity contribution in [2.75, 3.05) is 13.2 Å². The Morgan fingerprint density at radius 2 is 0.732 bits per heavy atom. The largest absolute Gasteiger partial charge is 0.462 e. The summed E-state index contributed by atoms with van der Waals surface area (Å²) in [6.07, 6.45) is 57.0. The molecule has 6 heteroatoms. The Balaban J connectivity index is 4.54. The summed E-state index contributed by atoms with van der Waals surface area (Å²) in [5, 5.41) is 0. The van der Waals surface area contributed by atoms with E-state index in [1.807, 2.05) is 12.2 Å². The van der Waals surface area contributed by atoms with Gasteiger partial charge >= 0.3 is 17.9 Å². The predicted molar refractivity (Wildman–Crippen MR) is 237 cm³/mol. The molecule has 1 atom stereocenters. The van der Waals surface area contributed by atoms with Gasteiger partial charge in [0.1, 0.15) is 13.2 Å². The number of hydrogen-bond donors (Lipinski definition) is 0. The van der Waals surface area contributed by atoms with E-state index in [4.69, 9.17) is 14.2 Å². The molecular weight excluding hydrogens is 697 g/mol. The summed E-state index contributed by atoms with van der Waals surface area (Å²) >= 11 is 0.